The van der Waals surface area contributed by atoms with Gasteiger partial charge in [-0.15, -0.1) is 0 Å². The first-order valence-corrected chi connectivity index (χ1v) is 9.48. The van der Waals surface area contributed by atoms with Crippen molar-refractivity contribution >= 4 is 5.91 Å². The summed E-state index contributed by atoms with van der Waals surface area (Å²) in [7, 11) is 0. The molecule has 1 aliphatic rings. The number of likely N-dealkylation sites (tertiary alicyclic amines) is 1. The van der Waals surface area contributed by atoms with Crippen LogP contribution < -0.4 is 10.1 Å². The second-order valence-electron chi connectivity index (χ2n) is 7.10. The van der Waals surface area contributed by atoms with E-state index < -0.39 is 0 Å². The quantitative estimate of drug-likeness (QED) is 0.772. The minimum absolute atomic E-state index is 0.0557. The zero-order valence-corrected chi connectivity index (χ0v) is 15.5. The Morgan fingerprint density at radius 3 is 2.65 bits per heavy atom. The number of hydrogen-bond acceptors (Lipinski definition) is 3. The number of amides is 1. The Hall–Kier alpha value is -2.33. The maximum absolute atomic E-state index is 12.2. The third-order valence-electron chi connectivity index (χ3n) is 4.76. The van der Waals surface area contributed by atoms with Crippen LogP contribution in [0.3, 0.4) is 0 Å². The fourth-order valence-electron chi connectivity index (χ4n) is 3.40. The van der Waals surface area contributed by atoms with Gasteiger partial charge in [-0.1, -0.05) is 37.3 Å². The van der Waals surface area contributed by atoms with Crippen LogP contribution in [-0.4, -0.2) is 37.0 Å². The van der Waals surface area contributed by atoms with Crippen molar-refractivity contribution in [2.24, 2.45) is 5.92 Å². The van der Waals surface area contributed by atoms with Gasteiger partial charge >= 0.3 is 0 Å². The molecule has 1 saturated heterocycles. The summed E-state index contributed by atoms with van der Waals surface area (Å²) in [6, 6.07) is 17.6. The summed E-state index contributed by atoms with van der Waals surface area (Å²) in [4.78, 5) is 14.7. The van der Waals surface area contributed by atoms with Gasteiger partial charge in [0.2, 0.25) is 0 Å². The molecular weight excluding hydrogens is 324 g/mol. The third kappa shape index (κ3) is 5.60. The van der Waals surface area contributed by atoms with Crippen molar-refractivity contribution in [3.63, 3.8) is 0 Å². The number of ether oxygens (including phenoxy) is 1. The van der Waals surface area contributed by atoms with E-state index in [0.717, 1.165) is 18.2 Å². The molecule has 0 bridgehead atoms. The molecule has 0 aliphatic carbocycles. The van der Waals surface area contributed by atoms with E-state index in [2.05, 4.69) is 29.3 Å². The van der Waals surface area contributed by atoms with E-state index in [0.29, 0.717) is 18.7 Å². The van der Waals surface area contributed by atoms with Gasteiger partial charge in [0.15, 0.2) is 0 Å². The molecule has 2 aromatic rings. The van der Waals surface area contributed by atoms with Gasteiger partial charge in [0.25, 0.3) is 5.91 Å². The molecule has 0 spiro atoms. The number of rotatable bonds is 7. The highest BCUT2D eigenvalue weighted by Crippen LogP contribution is 2.18. The molecule has 1 atom stereocenters. The van der Waals surface area contributed by atoms with Crippen LogP contribution in [0.2, 0.25) is 0 Å². The topological polar surface area (TPSA) is 41.6 Å². The Kier molecular flexibility index (Phi) is 6.67. The van der Waals surface area contributed by atoms with Crippen LogP contribution in [0.4, 0.5) is 0 Å². The van der Waals surface area contributed by atoms with Crippen molar-refractivity contribution in [1.29, 1.82) is 0 Å². The van der Waals surface area contributed by atoms with E-state index in [1.165, 1.54) is 31.5 Å². The Balaban J connectivity index is 1.41. The molecule has 1 amide bonds. The van der Waals surface area contributed by atoms with Crippen LogP contribution in [0.25, 0.3) is 0 Å². The van der Waals surface area contributed by atoms with Gasteiger partial charge in [0.05, 0.1) is 6.54 Å². The van der Waals surface area contributed by atoms with Crippen molar-refractivity contribution in [3.05, 3.63) is 65.7 Å². The number of carbonyl (C=O) groups is 1. The summed E-state index contributed by atoms with van der Waals surface area (Å²) < 4.78 is 5.58. The first-order valence-electron chi connectivity index (χ1n) is 9.48. The van der Waals surface area contributed by atoms with Gasteiger partial charge in [-0.25, -0.2) is 0 Å². The lowest BCUT2D eigenvalue weighted by Crippen LogP contribution is -2.33. The summed E-state index contributed by atoms with van der Waals surface area (Å²) in [5.41, 5.74) is 1.96. The molecule has 138 valence electrons. The molecular formula is C22H28N2O2. The molecule has 0 unspecified atom stereocenters. The van der Waals surface area contributed by atoms with Crippen molar-refractivity contribution in [2.45, 2.75) is 26.3 Å². The fraction of sp³-hybridized carbons (Fsp3) is 0.409. The molecule has 0 saturated carbocycles. The van der Waals surface area contributed by atoms with Crippen molar-refractivity contribution in [1.82, 2.24) is 10.2 Å². The SMILES string of the molecule is C[C@@H]1CCCN(Cc2ccc(C(=O)NCCOc3ccccc3)cc2)C1. The van der Waals surface area contributed by atoms with Crippen molar-refractivity contribution in [3.8, 4) is 5.75 Å². The standard InChI is InChI=1S/C22H28N2O2/c1-18-6-5-14-24(16-18)17-19-9-11-20(12-10-19)22(25)23-13-15-26-21-7-3-2-4-8-21/h2-4,7-12,18H,5-6,13-17H2,1H3,(H,23,25)/t18-/m1/s1. The van der Waals surface area contributed by atoms with E-state index in [4.69, 9.17) is 4.74 Å². The van der Waals surface area contributed by atoms with E-state index in [-0.39, 0.29) is 5.91 Å². The average molecular weight is 352 g/mol. The molecule has 1 aliphatic heterocycles. The molecule has 0 aromatic heterocycles. The Labute approximate surface area is 156 Å². The average Bonchev–Trinajstić information content (AvgIpc) is 2.66. The van der Waals surface area contributed by atoms with Crippen LogP contribution in [0.5, 0.6) is 5.75 Å². The molecule has 1 heterocycles. The smallest absolute Gasteiger partial charge is 0.251 e. The van der Waals surface area contributed by atoms with Gasteiger partial charge in [-0.2, -0.15) is 0 Å². The lowest BCUT2D eigenvalue weighted by molar-refractivity contribution is 0.0947. The maximum Gasteiger partial charge on any atom is 0.251 e. The number of carbonyl (C=O) groups excluding carboxylic acids is 1. The molecule has 4 nitrogen and oxygen atoms in total. The zero-order valence-electron chi connectivity index (χ0n) is 15.5. The largest absolute Gasteiger partial charge is 0.492 e. The number of para-hydroxylation sites is 1. The second kappa shape index (κ2) is 9.39. The first-order chi connectivity index (χ1) is 12.7. The van der Waals surface area contributed by atoms with Crippen molar-refractivity contribution < 1.29 is 9.53 Å². The fourth-order valence-corrected chi connectivity index (χ4v) is 3.40. The highest BCUT2D eigenvalue weighted by molar-refractivity contribution is 5.94. The Bertz CT molecular complexity index is 685. The monoisotopic (exact) mass is 352 g/mol. The minimum Gasteiger partial charge on any atom is -0.492 e. The number of hydrogen-bond donors (Lipinski definition) is 1. The van der Waals surface area contributed by atoms with Gasteiger partial charge in [0.1, 0.15) is 12.4 Å². The summed E-state index contributed by atoms with van der Waals surface area (Å²) in [6.45, 7) is 6.58. The third-order valence-corrected chi connectivity index (χ3v) is 4.76. The molecule has 1 N–H and O–H groups in total. The van der Waals surface area contributed by atoms with E-state index >= 15 is 0 Å². The summed E-state index contributed by atoms with van der Waals surface area (Å²) in [5.74, 6) is 1.55. The minimum atomic E-state index is -0.0557. The first kappa shape index (κ1) is 18.5. The molecule has 4 heteroatoms. The van der Waals surface area contributed by atoms with E-state index in [1.54, 1.807) is 0 Å². The Morgan fingerprint density at radius 1 is 1.15 bits per heavy atom. The van der Waals surface area contributed by atoms with Gasteiger partial charge in [0, 0.05) is 18.7 Å². The van der Waals surface area contributed by atoms with Crippen LogP contribution in [0, 0.1) is 5.92 Å². The lowest BCUT2D eigenvalue weighted by atomic mass is 9.99. The summed E-state index contributed by atoms with van der Waals surface area (Å²) in [5, 5.41) is 2.90. The summed E-state index contributed by atoms with van der Waals surface area (Å²) in [6.07, 6.45) is 2.62. The number of nitrogens with one attached hydrogen (secondary N) is 1. The second-order valence-corrected chi connectivity index (χ2v) is 7.10. The van der Waals surface area contributed by atoms with Crippen LogP contribution in [0.1, 0.15) is 35.7 Å². The number of piperidine rings is 1. The molecule has 0 radical (unpaired) electrons. The molecule has 2 aromatic carbocycles. The highest BCUT2D eigenvalue weighted by Gasteiger charge is 2.16. The Morgan fingerprint density at radius 2 is 1.92 bits per heavy atom. The van der Waals surface area contributed by atoms with Gasteiger partial charge < -0.3 is 10.1 Å². The molecule has 1 fully saturated rings. The van der Waals surface area contributed by atoms with Crippen LogP contribution in [0.15, 0.2) is 54.6 Å². The molecule has 26 heavy (non-hydrogen) atoms. The number of benzene rings is 2. The predicted octanol–water partition coefficient (Wildman–Crippen LogP) is 3.73. The van der Waals surface area contributed by atoms with Gasteiger partial charge in [-0.3, -0.25) is 9.69 Å². The zero-order chi connectivity index (χ0) is 18.2. The lowest BCUT2D eigenvalue weighted by Gasteiger charge is -2.30. The van der Waals surface area contributed by atoms with E-state index in [9.17, 15) is 4.79 Å². The summed E-state index contributed by atoms with van der Waals surface area (Å²) >= 11 is 0. The normalized spacial score (nSPS) is 17.7. The number of nitrogens with zero attached hydrogens (tertiary/aromatic N) is 1. The highest BCUT2D eigenvalue weighted by atomic mass is 16.5. The van der Waals surface area contributed by atoms with Gasteiger partial charge in [-0.05, 0) is 55.1 Å². The van der Waals surface area contributed by atoms with Crippen LogP contribution in [-0.2, 0) is 6.54 Å². The van der Waals surface area contributed by atoms with E-state index in [1.807, 2.05) is 42.5 Å². The predicted molar refractivity (Wildman–Crippen MR) is 104 cm³/mol. The maximum atomic E-state index is 12.2. The van der Waals surface area contributed by atoms with Crippen LogP contribution >= 0.6 is 0 Å². The molecule has 3 rings (SSSR count). The van der Waals surface area contributed by atoms with Crippen molar-refractivity contribution in [2.75, 3.05) is 26.2 Å².